The number of para-hydroxylation sites is 2. The van der Waals surface area contributed by atoms with Crippen molar-refractivity contribution >= 4 is 16.9 Å². The van der Waals surface area contributed by atoms with E-state index in [1.165, 1.54) is 0 Å². The Morgan fingerprint density at radius 3 is 2.71 bits per heavy atom. The number of imidazole rings is 1. The van der Waals surface area contributed by atoms with E-state index in [-0.39, 0.29) is 0 Å². The molecule has 0 aliphatic rings. The first-order valence-electron chi connectivity index (χ1n) is 7.38. The van der Waals surface area contributed by atoms with Crippen LogP contribution in [0, 0.1) is 0 Å². The van der Waals surface area contributed by atoms with Gasteiger partial charge in [-0.3, -0.25) is 0 Å². The third-order valence-corrected chi connectivity index (χ3v) is 3.58. The Morgan fingerprint density at radius 1 is 1.05 bits per heavy atom. The highest BCUT2D eigenvalue weighted by atomic mass is 15.1. The molecular weight excluding hydrogens is 260 g/mol. The van der Waals surface area contributed by atoms with Gasteiger partial charge in [0, 0.05) is 20.0 Å². The van der Waals surface area contributed by atoms with Gasteiger partial charge in [0.25, 0.3) is 0 Å². The molecule has 4 heteroatoms. The number of nitrogens with one attached hydrogen (secondary N) is 1. The summed E-state index contributed by atoms with van der Waals surface area (Å²) in [6.45, 7) is 3.10. The van der Waals surface area contributed by atoms with E-state index in [1.54, 1.807) is 0 Å². The third-order valence-electron chi connectivity index (χ3n) is 3.58. The molecule has 0 saturated carbocycles. The molecule has 2 heterocycles. The Hall–Kier alpha value is -2.36. The van der Waals surface area contributed by atoms with E-state index in [1.807, 2.05) is 30.3 Å². The van der Waals surface area contributed by atoms with Crippen molar-refractivity contribution < 1.29 is 0 Å². The SMILES string of the molecule is CCCNc1cccc(Cc2nc3ccccc3n2C)n1. The second-order valence-corrected chi connectivity index (χ2v) is 5.19. The van der Waals surface area contributed by atoms with Gasteiger partial charge >= 0.3 is 0 Å². The maximum atomic E-state index is 4.70. The third kappa shape index (κ3) is 2.89. The fourth-order valence-electron chi connectivity index (χ4n) is 2.45. The zero-order chi connectivity index (χ0) is 14.7. The summed E-state index contributed by atoms with van der Waals surface area (Å²) in [5, 5.41) is 3.32. The number of pyridine rings is 1. The Balaban J connectivity index is 1.86. The maximum Gasteiger partial charge on any atom is 0.126 e. The number of fused-ring (bicyclic) bond motifs is 1. The van der Waals surface area contributed by atoms with E-state index in [0.717, 1.165) is 47.8 Å². The minimum atomic E-state index is 0.743. The highest BCUT2D eigenvalue weighted by molar-refractivity contribution is 5.75. The zero-order valence-corrected chi connectivity index (χ0v) is 12.5. The van der Waals surface area contributed by atoms with Crippen LogP contribution < -0.4 is 5.32 Å². The van der Waals surface area contributed by atoms with Crippen molar-refractivity contribution in [1.82, 2.24) is 14.5 Å². The molecule has 0 bridgehead atoms. The fourth-order valence-corrected chi connectivity index (χ4v) is 2.45. The number of aryl methyl sites for hydroxylation is 1. The Labute approximate surface area is 124 Å². The lowest BCUT2D eigenvalue weighted by Gasteiger charge is -2.06. The number of hydrogen-bond acceptors (Lipinski definition) is 3. The predicted molar refractivity (Wildman–Crippen MR) is 86.5 cm³/mol. The lowest BCUT2D eigenvalue weighted by Crippen LogP contribution is -2.05. The molecule has 1 aromatic carbocycles. The smallest absolute Gasteiger partial charge is 0.126 e. The van der Waals surface area contributed by atoms with E-state index < -0.39 is 0 Å². The highest BCUT2D eigenvalue weighted by Crippen LogP contribution is 2.17. The quantitative estimate of drug-likeness (QED) is 0.779. The van der Waals surface area contributed by atoms with Crippen molar-refractivity contribution in [2.24, 2.45) is 7.05 Å². The number of hydrogen-bond donors (Lipinski definition) is 1. The lowest BCUT2D eigenvalue weighted by molar-refractivity contribution is 0.831. The molecule has 0 aliphatic carbocycles. The summed E-state index contributed by atoms with van der Waals surface area (Å²) in [6, 6.07) is 14.3. The van der Waals surface area contributed by atoms with Crippen LogP contribution in [0.1, 0.15) is 24.9 Å². The number of nitrogens with zero attached hydrogens (tertiary/aromatic N) is 3. The van der Waals surface area contributed by atoms with Crippen LogP contribution in [0.5, 0.6) is 0 Å². The molecule has 0 radical (unpaired) electrons. The van der Waals surface area contributed by atoms with Crippen LogP contribution in [-0.4, -0.2) is 21.1 Å². The van der Waals surface area contributed by atoms with Gasteiger partial charge in [-0.1, -0.05) is 25.1 Å². The van der Waals surface area contributed by atoms with Crippen LogP contribution in [0.3, 0.4) is 0 Å². The van der Waals surface area contributed by atoms with Crippen LogP contribution in [-0.2, 0) is 13.5 Å². The fraction of sp³-hybridized carbons (Fsp3) is 0.294. The Bertz CT molecular complexity index is 745. The molecule has 2 aromatic heterocycles. The van der Waals surface area contributed by atoms with Gasteiger partial charge in [0.2, 0.25) is 0 Å². The summed E-state index contributed by atoms with van der Waals surface area (Å²) in [4.78, 5) is 9.35. The van der Waals surface area contributed by atoms with Gasteiger partial charge in [-0.15, -0.1) is 0 Å². The summed E-state index contributed by atoms with van der Waals surface area (Å²) in [5.74, 6) is 1.98. The van der Waals surface area contributed by atoms with Gasteiger partial charge in [0.15, 0.2) is 0 Å². The summed E-state index contributed by atoms with van der Waals surface area (Å²) >= 11 is 0. The highest BCUT2D eigenvalue weighted by Gasteiger charge is 2.08. The van der Waals surface area contributed by atoms with Gasteiger partial charge in [-0.25, -0.2) is 9.97 Å². The van der Waals surface area contributed by atoms with Crippen molar-refractivity contribution in [1.29, 1.82) is 0 Å². The number of rotatable bonds is 5. The number of benzene rings is 1. The lowest BCUT2D eigenvalue weighted by atomic mass is 10.2. The average molecular weight is 280 g/mol. The maximum absolute atomic E-state index is 4.70. The first kappa shape index (κ1) is 13.6. The summed E-state index contributed by atoms with van der Waals surface area (Å²) < 4.78 is 2.14. The van der Waals surface area contributed by atoms with E-state index in [9.17, 15) is 0 Å². The molecule has 0 fully saturated rings. The predicted octanol–water partition coefficient (Wildman–Crippen LogP) is 3.38. The first-order valence-corrected chi connectivity index (χ1v) is 7.38. The van der Waals surface area contributed by atoms with Gasteiger partial charge in [0.05, 0.1) is 16.7 Å². The molecule has 1 N–H and O–H groups in total. The topological polar surface area (TPSA) is 42.7 Å². The minimum absolute atomic E-state index is 0.743. The van der Waals surface area contributed by atoms with E-state index in [4.69, 9.17) is 4.98 Å². The monoisotopic (exact) mass is 280 g/mol. The second kappa shape index (κ2) is 5.95. The largest absolute Gasteiger partial charge is 0.370 e. The van der Waals surface area contributed by atoms with Gasteiger partial charge < -0.3 is 9.88 Å². The Morgan fingerprint density at radius 2 is 1.90 bits per heavy atom. The molecular formula is C17H20N4. The zero-order valence-electron chi connectivity index (χ0n) is 12.5. The van der Waals surface area contributed by atoms with Crippen LogP contribution in [0.15, 0.2) is 42.5 Å². The first-order chi connectivity index (χ1) is 10.3. The molecule has 0 aliphatic heterocycles. The van der Waals surface area contributed by atoms with E-state index >= 15 is 0 Å². The minimum Gasteiger partial charge on any atom is -0.370 e. The van der Waals surface area contributed by atoms with Gasteiger partial charge in [-0.05, 0) is 30.7 Å². The van der Waals surface area contributed by atoms with Crippen molar-refractivity contribution in [2.45, 2.75) is 19.8 Å². The van der Waals surface area contributed by atoms with Crippen molar-refractivity contribution in [3.8, 4) is 0 Å². The normalized spacial score (nSPS) is 11.0. The summed E-state index contributed by atoms with van der Waals surface area (Å²) in [6.07, 6.45) is 1.84. The van der Waals surface area contributed by atoms with Crippen LogP contribution in [0.4, 0.5) is 5.82 Å². The number of aromatic nitrogens is 3. The average Bonchev–Trinajstić information content (AvgIpc) is 2.82. The van der Waals surface area contributed by atoms with E-state index in [2.05, 4.69) is 41.0 Å². The standard InChI is InChI=1S/C17H20N4/c1-3-11-18-16-10-6-7-13(19-16)12-17-20-14-8-4-5-9-15(14)21(17)2/h4-10H,3,11-12H2,1-2H3,(H,18,19). The summed E-state index contributed by atoms with van der Waals surface area (Å²) in [5.41, 5.74) is 3.23. The molecule has 0 atom stereocenters. The molecule has 0 spiro atoms. The number of anilines is 1. The molecule has 0 unspecified atom stereocenters. The van der Waals surface area contributed by atoms with Crippen molar-refractivity contribution in [3.63, 3.8) is 0 Å². The van der Waals surface area contributed by atoms with Gasteiger partial charge in [0.1, 0.15) is 11.6 Å². The second-order valence-electron chi connectivity index (χ2n) is 5.19. The van der Waals surface area contributed by atoms with Crippen molar-refractivity contribution in [3.05, 3.63) is 54.0 Å². The molecule has 0 amide bonds. The Kier molecular flexibility index (Phi) is 3.86. The van der Waals surface area contributed by atoms with Crippen molar-refractivity contribution in [2.75, 3.05) is 11.9 Å². The van der Waals surface area contributed by atoms with Crippen LogP contribution in [0.25, 0.3) is 11.0 Å². The molecule has 21 heavy (non-hydrogen) atoms. The molecule has 0 saturated heterocycles. The van der Waals surface area contributed by atoms with Crippen LogP contribution in [0.2, 0.25) is 0 Å². The van der Waals surface area contributed by atoms with Crippen LogP contribution >= 0.6 is 0 Å². The molecule has 3 aromatic rings. The summed E-state index contributed by atoms with van der Waals surface area (Å²) in [7, 11) is 2.06. The van der Waals surface area contributed by atoms with Gasteiger partial charge in [-0.2, -0.15) is 0 Å². The molecule has 108 valence electrons. The van der Waals surface area contributed by atoms with E-state index in [0.29, 0.717) is 0 Å². The molecule has 3 rings (SSSR count). The molecule has 4 nitrogen and oxygen atoms in total.